The molecule has 6 rings (SSSR count). The van der Waals surface area contributed by atoms with Crippen LogP contribution in [-0.4, -0.2) is 32.8 Å². The lowest BCUT2D eigenvalue weighted by Crippen LogP contribution is -2.17. The minimum atomic E-state index is 0.0174. The first-order valence-electron chi connectivity index (χ1n) is 11.7. The Kier molecular flexibility index (Phi) is 4.46. The van der Waals surface area contributed by atoms with Crippen LogP contribution in [0.1, 0.15) is 72.2 Å². The number of hydrogen-bond donors (Lipinski definition) is 0. The van der Waals surface area contributed by atoms with Gasteiger partial charge in [-0.2, -0.15) is 0 Å². The Morgan fingerprint density at radius 3 is 2.72 bits per heavy atom. The Balaban J connectivity index is 1.42. The van der Waals surface area contributed by atoms with Crippen LogP contribution in [0.2, 0.25) is 0 Å². The van der Waals surface area contributed by atoms with Gasteiger partial charge >= 0.3 is 0 Å². The Morgan fingerprint density at radius 2 is 1.88 bits per heavy atom. The summed E-state index contributed by atoms with van der Waals surface area (Å²) < 4.78 is 6.30. The summed E-state index contributed by atoms with van der Waals surface area (Å²) in [7, 11) is 1.81. The van der Waals surface area contributed by atoms with Crippen LogP contribution >= 0.6 is 0 Å². The van der Waals surface area contributed by atoms with Gasteiger partial charge in [0.05, 0.1) is 29.7 Å². The normalized spacial score (nSPS) is 18.9. The Labute approximate surface area is 188 Å². The lowest BCUT2D eigenvalue weighted by molar-refractivity contribution is 0.0816. The largest absolute Gasteiger partial charge is 0.441 e. The van der Waals surface area contributed by atoms with Crippen LogP contribution in [0.15, 0.2) is 28.9 Å². The number of hydrogen-bond acceptors (Lipinski definition) is 5. The van der Waals surface area contributed by atoms with Gasteiger partial charge in [-0.25, -0.2) is 4.98 Å². The molecule has 0 radical (unpaired) electrons. The Bertz CT molecular complexity index is 1220. The first kappa shape index (κ1) is 19.6. The molecule has 1 amide bonds. The second-order valence-corrected chi connectivity index (χ2v) is 10.0. The molecule has 0 N–H and O–H groups in total. The van der Waals surface area contributed by atoms with Crippen molar-refractivity contribution in [2.75, 3.05) is 7.05 Å². The van der Waals surface area contributed by atoms with Gasteiger partial charge in [-0.3, -0.25) is 14.8 Å². The van der Waals surface area contributed by atoms with Crippen molar-refractivity contribution in [3.63, 3.8) is 0 Å². The molecule has 0 bridgehead atoms. The molecule has 0 saturated heterocycles. The molecular formula is C26H28N4O2. The highest BCUT2D eigenvalue weighted by Gasteiger charge is 2.31. The van der Waals surface area contributed by atoms with Gasteiger partial charge < -0.3 is 9.32 Å². The summed E-state index contributed by atoms with van der Waals surface area (Å²) in [6.07, 6.45) is 12.8. The molecule has 3 aromatic rings. The zero-order valence-corrected chi connectivity index (χ0v) is 18.8. The first-order valence-corrected chi connectivity index (χ1v) is 11.7. The third kappa shape index (κ3) is 3.24. The molecule has 2 aliphatic carbocycles. The summed E-state index contributed by atoms with van der Waals surface area (Å²) in [4.78, 5) is 28.5. The quantitative estimate of drug-likeness (QED) is 0.585. The van der Waals surface area contributed by atoms with Gasteiger partial charge in [0.15, 0.2) is 11.7 Å². The van der Waals surface area contributed by atoms with E-state index in [1.807, 2.05) is 25.5 Å². The standard InChI is InChI=1S/C26H28N4O2/c1-26(8-3-4-9-26)12-23-28-14-22(32-23)19-10-16-6-5-7-20(16)29-24(19)17-11-18-21(27-13-17)15-30(2)25(18)31/h10-11,13-14H,3-9,12,15H2,1-2H3. The highest BCUT2D eigenvalue weighted by atomic mass is 16.4. The number of aromatic nitrogens is 3. The van der Waals surface area contributed by atoms with Crippen molar-refractivity contribution in [3.8, 4) is 22.6 Å². The molecule has 3 aliphatic rings. The maximum absolute atomic E-state index is 12.6. The average Bonchev–Trinajstić information content (AvgIpc) is 3.56. The van der Waals surface area contributed by atoms with E-state index in [0.29, 0.717) is 12.1 Å². The lowest BCUT2D eigenvalue weighted by Gasteiger charge is -2.20. The third-order valence-electron chi connectivity index (χ3n) is 7.47. The summed E-state index contributed by atoms with van der Waals surface area (Å²) in [5.74, 6) is 1.58. The minimum absolute atomic E-state index is 0.0174. The Hall–Kier alpha value is -3.02. The van der Waals surface area contributed by atoms with E-state index in [1.54, 1.807) is 4.90 Å². The van der Waals surface area contributed by atoms with Crippen LogP contribution in [0.5, 0.6) is 0 Å². The van der Waals surface area contributed by atoms with Gasteiger partial charge in [-0.1, -0.05) is 19.8 Å². The van der Waals surface area contributed by atoms with Gasteiger partial charge in [0, 0.05) is 36.5 Å². The predicted molar refractivity (Wildman–Crippen MR) is 121 cm³/mol. The smallest absolute Gasteiger partial charge is 0.255 e. The minimum Gasteiger partial charge on any atom is -0.441 e. The molecule has 32 heavy (non-hydrogen) atoms. The van der Waals surface area contributed by atoms with Gasteiger partial charge in [-0.05, 0) is 55.2 Å². The average molecular weight is 429 g/mol. The van der Waals surface area contributed by atoms with E-state index >= 15 is 0 Å². The summed E-state index contributed by atoms with van der Waals surface area (Å²) in [6, 6.07) is 4.16. The van der Waals surface area contributed by atoms with E-state index in [2.05, 4.69) is 23.0 Å². The number of pyridine rings is 2. The van der Waals surface area contributed by atoms with E-state index in [9.17, 15) is 4.79 Å². The fourth-order valence-corrected chi connectivity index (χ4v) is 5.60. The molecule has 0 atom stereocenters. The number of carbonyl (C=O) groups excluding carboxylic acids is 1. The second-order valence-electron chi connectivity index (χ2n) is 10.0. The van der Waals surface area contributed by atoms with Crippen molar-refractivity contribution >= 4 is 5.91 Å². The molecule has 0 unspecified atom stereocenters. The highest BCUT2D eigenvalue weighted by molar-refractivity contribution is 5.99. The van der Waals surface area contributed by atoms with Crippen molar-refractivity contribution in [2.24, 2.45) is 5.41 Å². The number of carbonyl (C=O) groups is 1. The number of nitrogens with zero attached hydrogens (tertiary/aromatic N) is 4. The van der Waals surface area contributed by atoms with Crippen LogP contribution in [0.25, 0.3) is 22.6 Å². The van der Waals surface area contributed by atoms with Crippen LogP contribution in [-0.2, 0) is 25.8 Å². The zero-order chi connectivity index (χ0) is 21.9. The van der Waals surface area contributed by atoms with Gasteiger partial charge in [-0.15, -0.1) is 0 Å². The van der Waals surface area contributed by atoms with Crippen molar-refractivity contribution in [3.05, 3.63) is 52.9 Å². The fourth-order valence-electron chi connectivity index (χ4n) is 5.60. The van der Waals surface area contributed by atoms with Crippen LogP contribution in [0.3, 0.4) is 0 Å². The maximum atomic E-state index is 12.6. The van der Waals surface area contributed by atoms with Crippen molar-refractivity contribution in [1.82, 2.24) is 19.9 Å². The van der Waals surface area contributed by atoms with Crippen LogP contribution in [0.4, 0.5) is 0 Å². The first-order chi connectivity index (χ1) is 15.5. The van der Waals surface area contributed by atoms with Crippen molar-refractivity contribution in [2.45, 2.75) is 64.8 Å². The van der Waals surface area contributed by atoms with E-state index in [-0.39, 0.29) is 11.3 Å². The molecule has 1 aliphatic heterocycles. The summed E-state index contributed by atoms with van der Waals surface area (Å²) >= 11 is 0. The number of amides is 1. The predicted octanol–water partition coefficient (Wildman–Crippen LogP) is 5.00. The van der Waals surface area contributed by atoms with E-state index in [0.717, 1.165) is 65.5 Å². The van der Waals surface area contributed by atoms with E-state index in [1.165, 1.54) is 31.2 Å². The van der Waals surface area contributed by atoms with Gasteiger partial charge in [0.2, 0.25) is 0 Å². The molecular weight excluding hydrogens is 400 g/mol. The third-order valence-corrected chi connectivity index (χ3v) is 7.47. The van der Waals surface area contributed by atoms with Crippen molar-refractivity contribution in [1.29, 1.82) is 0 Å². The van der Waals surface area contributed by atoms with E-state index < -0.39 is 0 Å². The lowest BCUT2D eigenvalue weighted by atomic mass is 9.85. The molecule has 1 saturated carbocycles. The summed E-state index contributed by atoms with van der Waals surface area (Å²) in [5.41, 5.74) is 6.86. The topological polar surface area (TPSA) is 72.1 Å². The fraction of sp³-hybridized carbons (Fsp3) is 0.462. The van der Waals surface area contributed by atoms with Gasteiger partial charge in [0.25, 0.3) is 5.91 Å². The van der Waals surface area contributed by atoms with Gasteiger partial charge in [0.1, 0.15) is 0 Å². The number of rotatable bonds is 4. The van der Waals surface area contributed by atoms with Crippen LogP contribution in [0, 0.1) is 5.41 Å². The number of oxazole rings is 1. The molecule has 0 aromatic carbocycles. The van der Waals surface area contributed by atoms with E-state index in [4.69, 9.17) is 9.40 Å². The van der Waals surface area contributed by atoms with Crippen LogP contribution < -0.4 is 0 Å². The molecule has 6 heteroatoms. The summed E-state index contributed by atoms with van der Waals surface area (Å²) in [5, 5.41) is 0. The highest BCUT2D eigenvalue weighted by Crippen LogP contribution is 2.41. The number of fused-ring (bicyclic) bond motifs is 2. The molecule has 164 valence electrons. The zero-order valence-electron chi connectivity index (χ0n) is 18.8. The second kappa shape index (κ2) is 7.26. The SMILES string of the molecule is CN1Cc2ncc(-c3nc4c(cc3-c3cnc(CC5(C)CCCC5)o3)CCC4)cc2C1=O. The number of aryl methyl sites for hydroxylation is 2. The Morgan fingerprint density at radius 1 is 1.03 bits per heavy atom. The molecule has 0 spiro atoms. The maximum Gasteiger partial charge on any atom is 0.255 e. The monoisotopic (exact) mass is 428 g/mol. The molecule has 3 aromatic heterocycles. The molecule has 6 nitrogen and oxygen atoms in total. The van der Waals surface area contributed by atoms with Crippen molar-refractivity contribution < 1.29 is 9.21 Å². The summed E-state index contributed by atoms with van der Waals surface area (Å²) in [6.45, 7) is 2.90. The molecule has 1 fully saturated rings. The molecule has 4 heterocycles.